The number of benzene rings is 1. The summed E-state index contributed by atoms with van der Waals surface area (Å²) >= 11 is 0. The Kier molecular flexibility index (Phi) is 6.49. The van der Waals surface area contributed by atoms with E-state index >= 15 is 0 Å². The number of hydrogen-bond donors (Lipinski definition) is 1. The topological polar surface area (TPSA) is 32.5 Å². The number of hydrogen-bond acceptors (Lipinski definition) is 3. The van der Waals surface area contributed by atoms with Crippen LogP contribution in [0.5, 0.6) is 0 Å². The van der Waals surface area contributed by atoms with E-state index in [-0.39, 0.29) is 6.04 Å². The van der Waals surface area contributed by atoms with Crippen molar-refractivity contribution in [3.8, 4) is 0 Å². The largest absolute Gasteiger partial charge is 0.326 e. The van der Waals surface area contributed by atoms with E-state index in [1.807, 2.05) is 0 Å². The molecule has 0 aromatic heterocycles. The Hall–Kier alpha value is -0.900. The Labute approximate surface area is 118 Å². The smallest absolute Gasteiger partial charge is 0.0499 e. The van der Waals surface area contributed by atoms with E-state index in [0.29, 0.717) is 6.04 Å². The van der Waals surface area contributed by atoms with Gasteiger partial charge in [-0.1, -0.05) is 31.2 Å². The summed E-state index contributed by atoms with van der Waals surface area (Å²) in [5.41, 5.74) is 9.06. The van der Waals surface area contributed by atoms with Gasteiger partial charge in [0.05, 0.1) is 0 Å². The predicted octanol–water partition coefficient (Wildman–Crippen LogP) is 2.27. The molecule has 0 saturated carbocycles. The van der Waals surface area contributed by atoms with Crippen LogP contribution in [0.2, 0.25) is 0 Å². The van der Waals surface area contributed by atoms with Crippen LogP contribution < -0.4 is 5.73 Å². The molecule has 2 unspecified atom stereocenters. The highest BCUT2D eigenvalue weighted by Crippen LogP contribution is 2.26. The minimum atomic E-state index is 0.174. The first-order valence-corrected chi connectivity index (χ1v) is 7.13. The van der Waals surface area contributed by atoms with Gasteiger partial charge in [-0.3, -0.25) is 4.90 Å². The predicted molar refractivity (Wildman–Crippen MR) is 83.4 cm³/mol. The quantitative estimate of drug-likeness (QED) is 0.819. The van der Waals surface area contributed by atoms with E-state index in [2.05, 4.69) is 69.1 Å². The van der Waals surface area contributed by atoms with Gasteiger partial charge in [-0.15, -0.1) is 0 Å². The summed E-state index contributed by atoms with van der Waals surface area (Å²) in [5.74, 6) is 0. The fourth-order valence-corrected chi connectivity index (χ4v) is 2.43. The Bertz CT molecular complexity index is 376. The molecule has 0 aliphatic carbocycles. The van der Waals surface area contributed by atoms with Crippen molar-refractivity contribution >= 4 is 0 Å². The fraction of sp³-hybridized carbons (Fsp3) is 0.625. The summed E-state index contributed by atoms with van der Waals surface area (Å²) in [6.07, 6.45) is 0.991. The molecule has 0 amide bonds. The zero-order valence-corrected chi connectivity index (χ0v) is 13.1. The van der Waals surface area contributed by atoms with Gasteiger partial charge in [0.25, 0.3) is 0 Å². The lowest BCUT2D eigenvalue weighted by atomic mass is 9.93. The average molecular weight is 263 g/mol. The molecule has 0 saturated heterocycles. The molecule has 0 aliphatic heterocycles. The lowest BCUT2D eigenvalue weighted by Gasteiger charge is -2.34. The number of likely N-dealkylation sites (N-methyl/N-ethyl adjacent to an activating group) is 2. The second kappa shape index (κ2) is 7.63. The molecule has 0 radical (unpaired) electrons. The summed E-state index contributed by atoms with van der Waals surface area (Å²) in [6.45, 7) is 6.41. The van der Waals surface area contributed by atoms with Crippen molar-refractivity contribution in [2.75, 3.05) is 34.2 Å². The van der Waals surface area contributed by atoms with Crippen LogP contribution in [0.15, 0.2) is 24.3 Å². The van der Waals surface area contributed by atoms with Gasteiger partial charge in [0.15, 0.2) is 0 Å². The van der Waals surface area contributed by atoms with Crippen LogP contribution in [-0.2, 0) is 0 Å². The Morgan fingerprint density at radius 3 is 2.26 bits per heavy atom. The highest BCUT2D eigenvalue weighted by molar-refractivity contribution is 5.29. The van der Waals surface area contributed by atoms with E-state index in [4.69, 9.17) is 5.73 Å². The van der Waals surface area contributed by atoms with Crippen molar-refractivity contribution in [2.24, 2.45) is 5.73 Å². The van der Waals surface area contributed by atoms with Gasteiger partial charge in [0.1, 0.15) is 0 Å². The first-order chi connectivity index (χ1) is 8.97. The third-order valence-electron chi connectivity index (χ3n) is 3.76. The molecule has 1 aromatic carbocycles. The number of nitrogens with two attached hydrogens (primary N) is 1. The van der Waals surface area contributed by atoms with Crippen LogP contribution in [0.1, 0.15) is 30.5 Å². The Morgan fingerprint density at radius 1 is 1.11 bits per heavy atom. The molecule has 0 heterocycles. The van der Waals surface area contributed by atoms with Crippen molar-refractivity contribution in [1.29, 1.82) is 0 Å². The van der Waals surface area contributed by atoms with E-state index in [9.17, 15) is 0 Å². The normalized spacial score (nSPS) is 14.9. The van der Waals surface area contributed by atoms with Crippen LogP contribution >= 0.6 is 0 Å². The van der Waals surface area contributed by atoms with E-state index < -0.39 is 0 Å². The fourth-order valence-electron chi connectivity index (χ4n) is 2.43. The first-order valence-electron chi connectivity index (χ1n) is 7.13. The molecule has 0 fully saturated rings. The monoisotopic (exact) mass is 263 g/mol. The SMILES string of the molecule is CCC(N)C(c1ccccc1C)N(C)CCN(C)C. The lowest BCUT2D eigenvalue weighted by Crippen LogP contribution is -2.41. The molecule has 0 aliphatic rings. The molecular formula is C16H29N3. The molecule has 3 nitrogen and oxygen atoms in total. The zero-order chi connectivity index (χ0) is 14.4. The van der Waals surface area contributed by atoms with Crippen LogP contribution in [0, 0.1) is 6.92 Å². The van der Waals surface area contributed by atoms with Gasteiger partial charge in [0.2, 0.25) is 0 Å². The van der Waals surface area contributed by atoms with Crippen molar-refractivity contribution in [3.05, 3.63) is 35.4 Å². The van der Waals surface area contributed by atoms with Crippen LogP contribution in [-0.4, -0.2) is 50.1 Å². The van der Waals surface area contributed by atoms with Gasteiger partial charge in [-0.25, -0.2) is 0 Å². The second-order valence-electron chi connectivity index (χ2n) is 5.66. The summed E-state index contributed by atoms with van der Waals surface area (Å²) in [6, 6.07) is 9.05. The third kappa shape index (κ3) is 4.60. The molecule has 2 atom stereocenters. The van der Waals surface area contributed by atoms with Crippen molar-refractivity contribution < 1.29 is 0 Å². The maximum absolute atomic E-state index is 6.37. The van der Waals surface area contributed by atoms with E-state index in [1.54, 1.807) is 0 Å². The lowest BCUT2D eigenvalue weighted by molar-refractivity contribution is 0.190. The van der Waals surface area contributed by atoms with Crippen LogP contribution in [0.3, 0.4) is 0 Å². The van der Waals surface area contributed by atoms with Crippen molar-refractivity contribution in [3.63, 3.8) is 0 Å². The minimum Gasteiger partial charge on any atom is -0.326 e. The number of aryl methyl sites for hydroxylation is 1. The van der Waals surface area contributed by atoms with E-state index in [1.165, 1.54) is 11.1 Å². The second-order valence-corrected chi connectivity index (χ2v) is 5.66. The number of nitrogens with zero attached hydrogens (tertiary/aromatic N) is 2. The van der Waals surface area contributed by atoms with Gasteiger partial charge in [0, 0.05) is 25.2 Å². The summed E-state index contributed by atoms with van der Waals surface area (Å²) < 4.78 is 0. The molecule has 19 heavy (non-hydrogen) atoms. The third-order valence-corrected chi connectivity index (χ3v) is 3.76. The summed E-state index contributed by atoms with van der Waals surface area (Å²) in [4.78, 5) is 4.60. The average Bonchev–Trinajstić information content (AvgIpc) is 2.38. The molecular weight excluding hydrogens is 234 g/mol. The van der Waals surface area contributed by atoms with Crippen molar-refractivity contribution in [1.82, 2.24) is 9.80 Å². The summed E-state index contributed by atoms with van der Waals surface area (Å²) in [7, 11) is 6.39. The Balaban J connectivity index is 2.92. The number of rotatable bonds is 7. The molecule has 1 rings (SSSR count). The van der Waals surface area contributed by atoms with Gasteiger partial charge in [-0.2, -0.15) is 0 Å². The maximum Gasteiger partial charge on any atom is 0.0499 e. The zero-order valence-electron chi connectivity index (χ0n) is 13.1. The summed E-state index contributed by atoms with van der Waals surface area (Å²) in [5, 5.41) is 0. The van der Waals surface area contributed by atoms with Crippen LogP contribution in [0.4, 0.5) is 0 Å². The van der Waals surface area contributed by atoms with Gasteiger partial charge >= 0.3 is 0 Å². The van der Waals surface area contributed by atoms with Gasteiger partial charge < -0.3 is 10.6 Å². The van der Waals surface area contributed by atoms with Gasteiger partial charge in [-0.05, 0) is 45.6 Å². The van der Waals surface area contributed by atoms with Crippen molar-refractivity contribution in [2.45, 2.75) is 32.4 Å². The molecule has 1 aromatic rings. The molecule has 2 N–H and O–H groups in total. The highest BCUT2D eigenvalue weighted by atomic mass is 15.2. The van der Waals surface area contributed by atoms with E-state index in [0.717, 1.165) is 19.5 Å². The molecule has 108 valence electrons. The first kappa shape index (κ1) is 16.2. The molecule has 0 spiro atoms. The molecule has 3 heteroatoms. The highest BCUT2D eigenvalue weighted by Gasteiger charge is 2.24. The molecule has 0 bridgehead atoms. The standard InChI is InChI=1S/C16H29N3/c1-6-15(17)16(19(5)12-11-18(3)4)14-10-8-7-9-13(14)2/h7-10,15-16H,6,11-12,17H2,1-5H3. The Morgan fingerprint density at radius 2 is 1.74 bits per heavy atom. The minimum absolute atomic E-state index is 0.174. The maximum atomic E-state index is 6.37. The van der Waals surface area contributed by atoms with Crippen LogP contribution in [0.25, 0.3) is 0 Å².